The van der Waals surface area contributed by atoms with Crippen molar-refractivity contribution in [3.05, 3.63) is 40.3 Å². The smallest absolute Gasteiger partial charge is 0.274 e. The van der Waals surface area contributed by atoms with Crippen LogP contribution < -0.4 is 16.2 Å². The van der Waals surface area contributed by atoms with E-state index in [0.717, 1.165) is 31.3 Å². The lowest BCUT2D eigenvalue weighted by Gasteiger charge is -2.34. The van der Waals surface area contributed by atoms with E-state index in [1.165, 1.54) is 4.68 Å². The number of benzene rings is 1. The zero-order chi connectivity index (χ0) is 17.2. The molecule has 1 fully saturated rings. The highest BCUT2D eigenvalue weighted by Gasteiger charge is 2.27. The Balaban J connectivity index is 0.00000225. The number of aryl methyl sites for hydroxylation is 1. The second-order valence-corrected chi connectivity index (χ2v) is 6.94. The summed E-state index contributed by atoms with van der Waals surface area (Å²) >= 11 is 0. The average molecular weight is 365 g/mol. The van der Waals surface area contributed by atoms with Crippen LogP contribution in [0.2, 0.25) is 0 Å². The third-order valence-electron chi connectivity index (χ3n) is 4.88. The Bertz CT molecular complexity index is 812. The number of fused-ring (bicyclic) bond motifs is 1. The number of carbonyl (C=O) groups excluding carboxylic acids is 1. The molecule has 1 saturated heterocycles. The van der Waals surface area contributed by atoms with Gasteiger partial charge in [-0.3, -0.25) is 9.59 Å². The van der Waals surface area contributed by atoms with Crippen LogP contribution in [0.4, 0.5) is 0 Å². The Morgan fingerprint density at radius 1 is 1.28 bits per heavy atom. The van der Waals surface area contributed by atoms with Gasteiger partial charge in [0, 0.05) is 19.0 Å². The molecule has 2 aromatic rings. The van der Waals surface area contributed by atoms with Crippen molar-refractivity contribution in [2.24, 2.45) is 12.5 Å². The lowest BCUT2D eigenvalue weighted by Crippen LogP contribution is -2.43. The van der Waals surface area contributed by atoms with E-state index in [9.17, 15) is 9.59 Å². The molecular formula is C18H25ClN4O2. The molecule has 25 heavy (non-hydrogen) atoms. The predicted molar refractivity (Wildman–Crippen MR) is 101 cm³/mol. The maximum atomic E-state index is 12.4. The molecule has 6 nitrogen and oxygen atoms in total. The van der Waals surface area contributed by atoms with Crippen molar-refractivity contribution < 1.29 is 4.79 Å². The van der Waals surface area contributed by atoms with Crippen LogP contribution >= 0.6 is 12.4 Å². The second kappa shape index (κ2) is 7.97. The fourth-order valence-corrected chi connectivity index (χ4v) is 3.24. The molecule has 1 amide bonds. The van der Waals surface area contributed by atoms with Crippen molar-refractivity contribution in [1.29, 1.82) is 0 Å². The summed E-state index contributed by atoms with van der Waals surface area (Å²) in [5.41, 5.74) is 0.651. The van der Waals surface area contributed by atoms with Gasteiger partial charge in [-0.15, -0.1) is 12.4 Å². The Morgan fingerprint density at radius 3 is 2.60 bits per heavy atom. The van der Waals surface area contributed by atoms with Crippen molar-refractivity contribution >= 4 is 29.1 Å². The Morgan fingerprint density at radius 2 is 1.92 bits per heavy atom. The minimum atomic E-state index is -0.142. The van der Waals surface area contributed by atoms with Crippen molar-refractivity contribution in [2.75, 3.05) is 19.6 Å². The number of halogens is 1. The minimum Gasteiger partial charge on any atom is -0.355 e. The first-order chi connectivity index (χ1) is 11.5. The zero-order valence-corrected chi connectivity index (χ0v) is 15.5. The highest BCUT2D eigenvalue weighted by Crippen LogP contribution is 2.26. The summed E-state index contributed by atoms with van der Waals surface area (Å²) in [6.07, 6.45) is 2.31. The molecule has 0 saturated carbocycles. The van der Waals surface area contributed by atoms with Gasteiger partial charge in [0.05, 0.1) is 17.5 Å². The number of piperidine rings is 1. The molecule has 1 aliphatic rings. The Hall–Kier alpha value is -1.92. The van der Waals surface area contributed by atoms with E-state index in [-0.39, 0.29) is 35.7 Å². The standard InChI is InChI=1S/C18H24N4O2.ClH/c1-18(7-9-19-10-8-18)12-20-16(23)11-15-13-5-3-4-6-14(13)17(24)22(2)21-15;/h3-6,19H,7-12H2,1-2H3,(H,20,23);1H. The monoisotopic (exact) mass is 364 g/mol. The Kier molecular flexibility index (Phi) is 6.19. The largest absolute Gasteiger partial charge is 0.355 e. The van der Waals surface area contributed by atoms with Crippen LogP contribution in [0.15, 0.2) is 29.1 Å². The number of hydrogen-bond donors (Lipinski definition) is 2. The molecule has 0 atom stereocenters. The van der Waals surface area contributed by atoms with E-state index in [0.29, 0.717) is 17.6 Å². The predicted octanol–water partition coefficient (Wildman–Crippen LogP) is 1.40. The van der Waals surface area contributed by atoms with Crippen LogP contribution in [0.1, 0.15) is 25.5 Å². The molecule has 2 heterocycles. The first-order valence-electron chi connectivity index (χ1n) is 8.41. The molecule has 1 aliphatic heterocycles. The van der Waals surface area contributed by atoms with Crippen LogP contribution in [-0.2, 0) is 18.3 Å². The quantitative estimate of drug-likeness (QED) is 0.860. The molecule has 1 aromatic heterocycles. The van der Waals surface area contributed by atoms with Gasteiger partial charge in [0.15, 0.2) is 0 Å². The van der Waals surface area contributed by atoms with Crippen molar-refractivity contribution in [3.63, 3.8) is 0 Å². The number of nitrogens with one attached hydrogen (secondary N) is 2. The zero-order valence-electron chi connectivity index (χ0n) is 14.7. The Labute approximate surface area is 153 Å². The third kappa shape index (κ3) is 4.38. The molecule has 136 valence electrons. The van der Waals surface area contributed by atoms with E-state index in [4.69, 9.17) is 0 Å². The van der Waals surface area contributed by atoms with Crippen molar-refractivity contribution in [1.82, 2.24) is 20.4 Å². The average Bonchev–Trinajstić information content (AvgIpc) is 2.58. The molecule has 0 bridgehead atoms. The fraction of sp³-hybridized carbons (Fsp3) is 0.500. The van der Waals surface area contributed by atoms with Gasteiger partial charge < -0.3 is 10.6 Å². The molecule has 0 aliphatic carbocycles. The third-order valence-corrected chi connectivity index (χ3v) is 4.88. The maximum Gasteiger partial charge on any atom is 0.274 e. The first kappa shape index (κ1) is 19.4. The highest BCUT2D eigenvalue weighted by atomic mass is 35.5. The van der Waals surface area contributed by atoms with Crippen LogP contribution in [0.5, 0.6) is 0 Å². The van der Waals surface area contributed by atoms with Crippen molar-refractivity contribution in [2.45, 2.75) is 26.2 Å². The SMILES string of the molecule is Cl.Cn1nc(CC(=O)NCC2(C)CCNCC2)c2ccccc2c1=O. The van der Waals surface area contributed by atoms with Gasteiger partial charge in [-0.1, -0.05) is 25.1 Å². The van der Waals surface area contributed by atoms with E-state index >= 15 is 0 Å². The summed E-state index contributed by atoms with van der Waals surface area (Å²) < 4.78 is 1.30. The van der Waals surface area contributed by atoms with E-state index in [1.807, 2.05) is 18.2 Å². The second-order valence-electron chi connectivity index (χ2n) is 6.94. The number of aromatic nitrogens is 2. The molecule has 0 unspecified atom stereocenters. The molecule has 1 aromatic carbocycles. The van der Waals surface area contributed by atoms with Crippen LogP contribution in [-0.4, -0.2) is 35.3 Å². The molecule has 3 rings (SSSR count). The number of nitrogens with zero attached hydrogens (tertiary/aromatic N) is 2. The summed E-state index contributed by atoms with van der Waals surface area (Å²) in [5, 5.41) is 12.0. The fourth-order valence-electron chi connectivity index (χ4n) is 3.24. The summed E-state index contributed by atoms with van der Waals surface area (Å²) in [4.78, 5) is 24.5. The first-order valence-corrected chi connectivity index (χ1v) is 8.41. The lowest BCUT2D eigenvalue weighted by atomic mass is 9.81. The number of rotatable bonds is 4. The lowest BCUT2D eigenvalue weighted by molar-refractivity contribution is -0.121. The van der Waals surface area contributed by atoms with Gasteiger partial charge in [-0.25, -0.2) is 4.68 Å². The summed E-state index contributed by atoms with van der Waals surface area (Å²) in [6.45, 7) is 4.89. The van der Waals surface area contributed by atoms with Crippen LogP contribution in [0, 0.1) is 5.41 Å². The minimum absolute atomic E-state index is 0. The number of hydrogen-bond acceptors (Lipinski definition) is 4. The molecule has 7 heteroatoms. The van der Waals surface area contributed by atoms with E-state index in [2.05, 4.69) is 22.7 Å². The van der Waals surface area contributed by atoms with Gasteiger partial charge in [-0.2, -0.15) is 5.10 Å². The molecular weight excluding hydrogens is 340 g/mol. The van der Waals surface area contributed by atoms with Crippen molar-refractivity contribution in [3.8, 4) is 0 Å². The van der Waals surface area contributed by atoms with Crippen LogP contribution in [0.3, 0.4) is 0 Å². The normalized spacial score (nSPS) is 16.2. The van der Waals surface area contributed by atoms with Crippen LogP contribution in [0.25, 0.3) is 10.8 Å². The summed E-state index contributed by atoms with van der Waals surface area (Å²) in [6, 6.07) is 7.31. The van der Waals surface area contributed by atoms with Gasteiger partial charge in [0.25, 0.3) is 5.56 Å². The molecule has 0 spiro atoms. The molecule has 2 N–H and O–H groups in total. The van der Waals surface area contributed by atoms with E-state index in [1.54, 1.807) is 13.1 Å². The van der Waals surface area contributed by atoms with Gasteiger partial charge in [0.1, 0.15) is 0 Å². The van der Waals surface area contributed by atoms with Gasteiger partial charge in [0.2, 0.25) is 5.91 Å². The topological polar surface area (TPSA) is 76.0 Å². The highest BCUT2D eigenvalue weighted by molar-refractivity contribution is 5.88. The van der Waals surface area contributed by atoms with Gasteiger partial charge >= 0.3 is 0 Å². The number of carbonyl (C=O) groups is 1. The van der Waals surface area contributed by atoms with E-state index < -0.39 is 0 Å². The summed E-state index contributed by atoms with van der Waals surface area (Å²) in [7, 11) is 1.62. The maximum absolute atomic E-state index is 12.4. The number of amides is 1. The van der Waals surface area contributed by atoms with Gasteiger partial charge in [-0.05, 0) is 37.4 Å². The molecule has 0 radical (unpaired) electrons. The summed E-state index contributed by atoms with van der Waals surface area (Å²) in [5.74, 6) is -0.0499.